The Morgan fingerprint density at radius 3 is 2.24 bits per heavy atom. The van der Waals surface area contributed by atoms with Crippen LogP contribution in [0, 0.1) is 0 Å². The molecule has 10 heteroatoms. The lowest BCUT2D eigenvalue weighted by Crippen LogP contribution is -2.52. The average Bonchev–Trinajstić information content (AvgIpc) is 3.64. The summed E-state index contributed by atoms with van der Waals surface area (Å²) < 4.78 is 11.3. The predicted molar refractivity (Wildman–Crippen MR) is 187 cm³/mol. The van der Waals surface area contributed by atoms with Crippen molar-refractivity contribution < 1.29 is 29.0 Å². The van der Waals surface area contributed by atoms with E-state index in [9.17, 15) is 19.5 Å². The van der Waals surface area contributed by atoms with Crippen molar-refractivity contribution in [1.82, 2.24) is 20.2 Å². The lowest BCUT2D eigenvalue weighted by molar-refractivity contribution is -0.148. The molecule has 1 aliphatic heterocycles. The number of hydrogen-bond donors (Lipinski definition) is 2. The standard InChI is InChI=1S/C39H44N4O6/c1-2-3-4-5-9-23-48-33-20-18-30(19-21-33)32-25-40-36(41-26-32)31-16-14-28(15-17-31)24-34(37(44)43-22-10-13-35(43)38(45)46)42-39(47)49-27-29-11-7-6-8-12-29/h6-8,11-12,14-21,25-26,34-35H,2-5,9-10,13,22-24,27H2,1H3,(H,42,47)(H,45,46). The molecule has 10 nitrogen and oxygen atoms in total. The number of nitrogens with zero attached hydrogens (tertiary/aromatic N) is 3. The molecule has 2 N–H and O–H groups in total. The molecule has 1 saturated heterocycles. The largest absolute Gasteiger partial charge is 0.494 e. The molecular weight excluding hydrogens is 620 g/mol. The highest BCUT2D eigenvalue weighted by Crippen LogP contribution is 2.24. The SMILES string of the molecule is CCCCCCCOc1ccc(-c2cnc(-c3ccc(CC(NC(=O)OCc4ccccc4)C(=O)N4CCCC4C(=O)O)cc3)nc2)cc1. The third-order valence-electron chi connectivity index (χ3n) is 8.63. The maximum absolute atomic E-state index is 13.6. The van der Waals surface area contributed by atoms with E-state index in [2.05, 4.69) is 22.2 Å². The minimum absolute atomic E-state index is 0.0432. The van der Waals surface area contributed by atoms with Crippen LogP contribution in [0.4, 0.5) is 4.79 Å². The van der Waals surface area contributed by atoms with Gasteiger partial charge in [-0.2, -0.15) is 0 Å². The minimum atomic E-state index is -1.05. The molecule has 0 aliphatic carbocycles. The molecule has 1 aliphatic rings. The zero-order valence-corrected chi connectivity index (χ0v) is 27.9. The number of alkyl carbamates (subject to hydrolysis) is 1. The van der Waals surface area contributed by atoms with Gasteiger partial charge < -0.3 is 24.8 Å². The van der Waals surface area contributed by atoms with Crippen LogP contribution < -0.4 is 10.1 Å². The molecule has 1 aromatic heterocycles. The van der Waals surface area contributed by atoms with Crippen molar-refractivity contribution in [2.24, 2.45) is 0 Å². The number of amides is 2. The lowest BCUT2D eigenvalue weighted by Gasteiger charge is -2.27. The van der Waals surface area contributed by atoms with Gasteiger partial charge in [0, 0.05) is 36.5 Å². The fourth-order valence-corrected chi connectivity index (χ4v) is 5.89. The Kier molecular flexibility index (Phi) is 12.7. The maximum atomic E-state index is 13.6. The first kappa shape index (κ1) is 35.1. The first-order valence-electron chi connectivity index (χ1n) is 17.1. The van der Waals surface area contributed by atoms with Crippen molar-refractivity contribution in [3.8, 4) is 28.3 Å². The molecule has 5 rings (SSSR count). The van der Waals surface area contributed by atoms with E-state index in [-0.39, 0.29) is 13.0 Å². The van der Waals surface area contributed by atoms with Crippen LogP contribution in [0.5, 0.6) is 5.75 Å². The Labute approximate surface area is 287 Å². The summed E-state index contributed by atoms with van der Waals surface area (Å²) in [5, 5.41) is 12.3. The summed E-state index contributed by atoms with van der Waals surface area (Å²) in [6, 6.07) is 22.7. The molecule has 4 aromatic rings. The molecule has 1 fully saturated rings. The number of carbonyl (C=O) groups excluding carboxylic acids is 2. The second-order valence-corrected chi connectivity index (χ2v) is 12.3. The quantitative estimate of drug-likeness (QED) is 0.122. The molecule has 0 saturated carbocycles. The first-order valence-corrected chi connectivity index (χ1v) is 17.1. The van der Waals surface area contributed by atoms with Crippen LogP contribution in [0.2, 0.25) is 0 Å². The highest BCUT2D eigenvalue weighted by atomic mass is 16.5. The van der Waals surface area contributed by atoms with Gasteiger partial charge in [-0.1, -0.05) is 99.3 Å². The van der Waals surface area contributed by atoms with Crippen molar-refractivity contribution in [3.05, 3.63) is 102 Å². The molecule has 0 radical (unpaired) electrons. The lowest BCUT2D eigenvalue weighted by atomic mass is 10.0. The van der Waals surface area contributed by atoms with Crippen LogP contribution in [0.1, 0.15) is 63.0 Å². The van der Waals surface area contributed by atoms with Crippen molar-refractivity contribution in [1.29, 1.82) is 0 Å². The maximum Gasteiger partial charge on any atom is 0.408 e. The van der Waals surface area contributed by atoms with Crippen LogP contribution in [0.15, 0.2) is 91.3 Å². The van der Waals surface area contributed by atoms with Gasteiger partial charge in [0.1, 0.15) is 24.4 Å². The molecule has 0 spiro atoms. The third kappa shape index (κ3) is 10.1. The zero-order valence-electron chi connectivity index (χ0n) is 27.9. The van der Waals surface area contributed by atoms with Crippen molar-refractivity contribution in [2.75, 3.05) is 13.2 Å². The number of carbonyl (C=O) groups is 3. The van der Waals surface area contributed by atoms with Crippen molar-refractivity contribution in [2.45, 2.75) is 77.0 Å². The van der Waals surface area contributed by atoms with Gasteiger partial charge in [0.05, 0.1) is 6.61 Å². The highest BCUT2D eigenvalue weighted by molar-refractivity contribution is 5.90. The highest BCUT2D eigenvalue weighted by Gasteiger charge is 2.37. The summed E-state index contributed by atoms with van der Waals surface area (Å²) in [5.41, 5.74) is 4.26. The Morgan fingerprint density at radius 2 is 1.55 bits per heavy atom. The number of rotatable bonds is 16. The molecule has 2 atom stereocenters. The van der Waals surface area contributed by atoms with E-state index in [0.717, 1.165) is 46.6 Å². The number of benzene rings is 3. The van der Waals surface area contributed by atoms with Crippen LogP contribution in [0.25, 0.3) is 22.5 Å². The number of carboxylic acid groups (broad SMARTS) is 1. The molecule has 2 unspecified atom stereocenters. The number of carboxylic acids is 1. The number of aromatic nitrogens is 2. The Bertz CT molecular complexity index is 1650. The summed E-state index contributed by atoms with van der Waals surface area (Å²) in [7, 11) is 0. The van der Waals surface area contributed by atoms with Gasteiger partial charge in [0.2, 0.25) is 5.91 Å². The number of aliphatic carboxylic acids is 1. The summed E-state index contributed by atoms with van der Waals surface area (Å²) in [5.74, 6) is -0.107. The van der Waals surface area contributed by atoms with Gasteiger partial charge in [-0.25, -0.2) is 19.6 Å². The number of likely N-dealkylation sites (tertiary alicyclic amines) is 1. The van der Waals surface area contributed by atoms with E-state index in [1.807, 2.05) is 78.9 Å². The second kappa shape index (κ2) is 17.8. The average molecular weight is 665 g/mol. The fourth-order valence-electron chi connectivity index (χ4n) is 5.89. The van der Waals surface area contributed by atoms with Crippen molar-refractivity contribution >= 4 is 18.0 Å². The van der Waals surface area contributed by atoms with E-state index in [4.69, 9.17) is 9.47 Å². The summed E-state index contributed by atoms with van der Waals surface area (Å²) >= 11 is 0. The number of hydrogen-bond acceptors (Lipinski definition) is 7. The van der Waals surface area contributed by atoms with E-state index < -0.39 is 30.1 Å². The normalized spacial score (nSPS) is 14.6. The van der Waals surface area contributed by atoms with Crippen LogP contribution in [-0.4, -0.2) is 63.2 Å². The second-order valence-electron chi connectivity index (χ2n) is 12.3. The van der Waals surface area contributed by atoms with Crippen LogP contribution >= 0.6 is 0 Å². The summed E-state index contributed by atoms with van der Waals surface area (Å²) in [6.45, 7) is 3.29. The predicted octanol–water partition coefficient (Wildman–Crippen LogP) is 7.07. The van der Waals surface area contributed by atoms with Crippen LogP contribution in [0.3, 0.4) is 0 Å². The number of nitrogens with one attached hydrogen (secondary N) is 1. The van der Waals surface area contributed by atoms with Crippen LogP contribution in [-0.2, 0) is 27.4 Å². The molecule has 256 valence electrons. The van der Waals surface area contributed by atoms with Crippen molar-refractivity contribution in [3.63, 3.8) is 0 Å². The Balaban J connectivity index is 1.20. The smallest absolute Gasteiger partial charge is 0.408 e. The number of unbranched alkanes of at least 4 members (excludes halogenated alkanes) is 4. The van der Waals surface area contributed by atoms with E-state index in [1.165, 1.54) is 30.6 Å². The van der Waals surface area contributed by atoms with Gasteiger partial charge in [0.15, 0.2) is 5.82 Å². The molecule has 0 bridgehead atoms. The molecule has 2 heterocycles. The van der Waals surface area contributed by atoms with E-state index in [0.29, 0.717) is 25.2 Å². The molecule has 49 heavy (non-hydrogen) atoms. The first-order chi connectivity index (χ1) is 23.9. The Morgan fingerprint density at radius 1 is 0.857 bits per heavy atom. The summed E-state index contributed by atoms with van der Waals surface area (Å²) in [4.78, 5) is 48.7. The summed E-state index contributed by atoms with van der Waals surface area (Å²) in [6.07, 6.45) is 9.94. The van der Waals surface area contributed by atoms with Gasteiger partial charge in [-0.15, -0.1) is 0 Å². The van der Waals surface area contributed by atoms with Gasteiger partial charge in [-0.3, -0.25) is 4.79 Å². The fraction of sp³-hybridized carbons (Fsp3) is 0.359. The molecular formula is C39H44N4O6. The zero-order chi connectivity index (χ0) is 34.4. The number of ether oxygens (including phenoxy) is 2. The minimum Gasteiger partial charge on any atom is -0.494 e. The van der Waals surface area contributed by atoms with Gasteiger partial charge in [0.25, 0.3) is 0 Å². The third-order valence-corrected chi connectivity index (χ3v) is 8.63. The van der Waals surface area contributed by atoms with Gasteiger partial charge in [-0.05, 0) is 48.1 Å². The molecule has 2 amide bonds. The van der Waals surface area contributed by atoms with E-state index in [1.54, 1.807) is 12.4 Å². The monoisotopic (exact) mass is 664 g/mol. The topological polar surface area (TPSA) is 131 Å². The Hall–Kier alpha value is -5.25. The van der Waals surface area contributed by atoms with E-state index >= 15 is 0 Å². The molecule has 3 aromatic carbocycles. The van der Waals surface area contributed by atoms with Gasteiger partial charge >= 0.3 is 12.1 Å².